The molecule has 112 valence electrons. The zero-order valence-electron chi connectivity index (χ0n) is 12.9. The summed E-state index contributed by atoms with van der Waals surface area (Å²) in [6.07, 6.45) is 2.67. The molecule has 1 aromatic rings. The van der Waals surface area contributed by atoms with Gasteiger partial charge in [0.25, 0.3) is 0 Å². The molecule has 2 rings (SSSR count). The molecule has 20 heavy (non-hydrogen) atoms. The molecule has 1 aliphatic heterocycles. The van der Waals surface area contributed by atoms with E-state index in [4.69, 9.17) is 9.47 Å². The van der Waals surface area contributed by atoms with Gasteiger partial charge >= 0.3 is 0 Å². The Morgan fingerprint density at radius 1 is 1.30 bits per heavy atom. The van der Waals surface area contributed by atoms with Crippen molar-refractivity contribution in [3.63, 3.8) is 0 Å². The van der Waals surface area contributed by atoms with Crippen molar-refractivity contribution >= 4 is 0 Å². The van der Waals surface area contributed by atoms with Crippen LogP contribution in [0.2, 0.25) is 0 Å². The molecule has 1 aliphatic rings. The third-order valence-corrected chi connectivity index (χ3v) is 3.87. The normalized spacial score (nSPS) is 23.8. The highest BCUT2D eigenvalue weighted by molar-refractivity contribution is 5.29. The Morgan fingerprint density at radius 3 is 2.60 bits per heavy atom. The lowest BCUT2D eigenvalue weighted by molar-refractivity contribution is 0.117. The maximum Gasteiger partial charge on any atom is 0.119 e. The largest absolute Gasteiger partial charge is 0.494 e. The second-order valence-electron chi connectivity index (χ2n) is 5.57. The van der Waals surface area contributed by atoms with Crippen LogP contribution < -0.4 is 10.1 Å². The average molecular weight is 277 g/mol. The molecular formula is C17H27NO2. The molecule has 0 saturated carbocycles. The quantitative estimate of drug-likeness (QED) is 0.826. The summed E-state index contributed by atoms with van der Waals surface area (Å²) in [7, 11) is 0. The van der Waals surface area contributed by atoms with E-state index < -0.39 is 0 Å². The van der Waals surface area contributed by atoms with Gasteiger partial charge in [0.2, 0.25) is 0 Å². The molecular weight excluding hydrogens is 250 g/mol. The summed E-state index contributed by atoms with van der Waals surface area (Å²) in [6, 6.07) is 8.88. The molecule has 3 heteroatoms. The second kappa shape index (κ2) is 7.65. The molecule has 1 heterocycles. The van der Waals surface area contributed by atoms with Gasteiger partial charge in [-0.3, -0.25) is 0 Å². The fourth-order valence-corrected chi connectivity index (χ4v) is 2.88. The average Bonchev–Trinajstić information content (AvgIpc) is 2.88. The standard InChI is InChI=1S/C17H27NO2/c1-4-10-18-17(15-11-13(3)20-12-15)14-6-8-16(9-7-14)19-5-2/h6-9,13,15,17-18H,4-5,10-12H2,1-3H3. The van der Waals surface area contributed by atoms with Crippen LogP contribution in [0.25, 0.3) is 0 Å². The Balaban J connectivity index is 2.08. The minimum Gasteiger partial charge on any atom is -0.494 e. The SMILES string of the molecule is CCCNC(c1ccc(OCC)cc1)C1COC(C)C1. The van der Waals surface area contributed by atoms with Gasteiger partial charge in [0.1, 0.15) is 5.75 Å². The number of nitrogens with one attached hydrogen (secondary N) is 1. The van der Waals surface area contributed by atoms with Crippen molar-refractivity contribution in [1.29, 1.82) is 0 Å². The zero-order valence-corrected chi connectivity index (χ0v) is 12.9. The lowest BCUT2D eigenvalue weighted by Gasteiger charge is -2.24. The van der Waals surface area contributed by atoms with Crippen LogP contribution in [-0.2, 0) is 4.74 Å². The van der Waals surface area contributed by atoms with E-state index in [1.807, 2.05) is 6.92 Å². The number of ether oxygens (including phenoxy) is 2. The first-order valence-electron chi connectivity index (χ1n) is 7.82. The van der Waals surface area contributed by atoms with Gasteiger partial charge in [0.15, 0.2) is 0 Å². The minimum absolute atomic E-state index is 0.383. The number of hydrogen-bond donors (Lipinski definition) is 1. The first-order valence-corrected chi connectivity index (χ1v) is 7.82. The van der Waals surface area contributed by atoms with Crippen LogP contribution in [0.15, 0.2) is 24.3 Å². The summed E-state index contributed by atoms with van der Waals surface area (Å²) >= 11 is 0. The van der Waals surface area contributed by atoms with Crippen molar-refractivity contribution in [2.24, 2.45) is 5.92 Å². The number of rotatable bonds is 7. The zero-order chi connectivity index (χ0) is 14.4. The molecule has 1 N–H and O–H groups in total. The first kappa shape index (κ1) is 15.3. The smallest absolute Gasteiger partial charge is 0.119 e. The minimum atomic E-state index is 0.383. The Hall–Kier alpha value is -1.06. The fourth-order valence-electron chi connectivity index (χ4n) is 2.88. The monoisotopic (exact) mass is 277 g/mol. The van der Waals surface area contributed by atoms with E-state index in [1.54, 1.807) is 0 Å². The first-order chi connectivity index (χ1) is 9.74. The van der Waals surface area contributed by atoms with E-state index in [0.717, 1.165) is 31.7 Å². The topological polar surface area (TPSA) is 30.5 Å². The van der Waals surface area contributed by atoms with Crippen molar-refractivity contribution < 1.29 is 9.47 Å². The summed E-state index contributed by atoms with van der Waals surface area (Å²) in [4.78, 5) is 0. The predicted molar refractivity (Wildman–Crippen MR) is 82.2 cm³/mol. The Labute approximate surface area is 122 Å². The molecule has 0 bridgehead atoms. The number of hydrogen-bond acceptors (Lipinski definition) is 3. The molecule has 0 aliphatic carbocycles. The van der Waals surface area contributed by atoms with Crippen molar-refractivity contribution in [2.45, 2.75) is 45.8 Å². The molecule has 0 radical (unpaired) electrons. The van der Waals surface area contributed by atoms with Crippen LogP contribution in [-0.4, -0.2) is 25.9 Å². The highest BCUT2D eigenvalue weighted by Gasteiger charge is 2.30. The van der Waals surface area contributed by atoms with Crippen molar-refractivity contribution in [1.82, 2.24) is 5.32 Å². The van der Waals surface area contributed by atoms with Gasteiger partial charge in [-0.1, -0.05) is 19.1 Å². The lowest BCUT2D eigenvalue weighted by Crippen LogP contribution is -2.29. The van der Waals surface area contributed by atoms with Crippen LogP contribution in [0.1, 0.15) is 45.2 Å². The summed E-state index contributed by atoms with van der Waals surface area (Å²) in [5.74, 6) is 1.51. The molecule has 1 saturated heterocycles. The third-order valence-electron chi connectivity index (χ3n) is 3.87. The van der Waals surface area contributed by atoms with Crippen molar-refractivity contribution in [3.8, 4) is 5.75 Å². The summed E-state index contributed by atoms with van der Waals surface area (Å²) in [5.41, 5.74) is 1.34. The van der Waals surface area contributed by atoms with Crippen LogP contribution >= 0.6 is 0 Å². The van der Waals surface area contributed by atoms with Gasteiger partial charge in [-0.15, -0.1) is 0 Å². The second-order valence-corrected chi connectivity index (χ2v) is 5.57. The third kappa shape index (κ3) is 3.97. The molecule has 1 aromatic carbocycles. The van der Waals surface area contributed by atoms with Crippen molar-refractivity contribution in [2.75, 3.05) is 19.8 Å². The molecule has 0 amide bonds. The summed E-state index contributed by atoms with van der Waals surface area (Å²) < 4.78 is 11.3. The van der Waals surface area contributed by atoms with Crippen LogP contribution in [0, 0.1) is 5.92 Å². The van der Waals surface area contributed by atoms with Gasteiger partial charge in [0, 0.05) is 12.0 Å². The molecule has 1 fully saturated rings. The Bertz CT molecular complexity index is 390. The highest BCUT2D eigenvalue weighted by atomic mass is 16.5. The highest BCUT2D eigenvalue weighted by Crippen LogP contribution is 2.32. The van der Waals surface area contributed by atoms with Crippen molar-refractivity contribution in [3.05, 3.63) is 29.8 Å². The lowest BCUT2D eigenvalue weighted by atomic mass is 9.91. The molecule has 0 spiro atoms. The van der Waals surface area contributed by atoms with Gasteiger partial charge < -0.3 is 14.8 Å². The Morgan fingerprint density at radius 2 is 2.05 bits per heavy atom. The number of benzene rings is 1. The predicted octanol–water partition coefficient (Wildman–Crippen LogP) is 3.55. The summed E-state index contributed by atoms with van der Waals surface area (Å²) in [5, 5.41) is 3.68. The molecule has 3 atom stereocenters. The van der Waals surface area contributed by atoms with Crippen LogP contribution in [0.5, 0.6) is 5.75 Å². The molecule has 3 nitrogen and oxygen atoms in total. The van der Waals surface area contributed by atoms with Crippen LogP contribution in [0.3, 0.4) is 0 Å². The van der Waals surface area contributed by atoms with Gasteiger partial charge in [0.05, 0.1) is 19.3 Å². The van der Waals surface area contributed by atoms with E-state index in [0.29, 0.717) is 24.7 Å². The van der Waals surface area contributed by atoms with Gasteiger partial charge in [-0.25, -0.2) is 0 Å². The summed E-state index contributed by atoms with van der Waals surface area (Å²) in [6.45, 7) is 8.99. The van der Waals surface area contributed by atoms with E-state index >= 15 is 0 Å². The maximum absolute atomic E-state index is 5.75. The van der Waals surface area contributed by atoms with Gasteiger partial charge in [-0.05, 0) is 50.9 Å². The molecule has 0 aromatic heterocycles. The van der Waals surface area contributed by atoms with E-state index in [2.05, 4.69) is 43.4 Å². The van der Waals surface area contributed by atoms with E-state index in [-0.39, 0.29) is 0 Å². The van der Waals surface area contributed by atoms with Gasteiger partial charge in [-0.2, -0.15) is 0 Å². The maximum atomic E-state index is 5.75. The fraction of sp³-hybridized carbons (Fsp3) is 0.647. The van der Waals surface area contributed by atoms with E-state index in [1.165, 1.54) is 5.56 Å². The Kier molecular flexibility index (Phi) is 5.86. The van der Waals surface area contributed by atoms with E-state index in [9.17, 15) is 0 Å². The van der Waals surface area contributed by atoms with Crippen LogP contribution in [0.4, 0.5) is 0 Å². The molecule has 3 unspecified atom stereocenters.